The maximum atomic E-state index is 13.6. The molecule has 10 heteroatoms. The van der Waals surface area contributed by atoms with Crippen molar-refractivity contribution in [1.29, 1.82) is 0 Å². The molecule has 192 valence electrons. The zero-order valence-electron chi connectivity index (χ0n) is 20.8. The van der Waals surface area contributed by atoms with Gasteiger partial charge in [0.1, 0.15) is 18.1 Å². The lowest BCUT2D eigenvalue weighted by molar-refractivity contribution is -0.143. The van der Waals surface area contributed by atoms with Crippen molar-refractivity contribution in [2.45, 2.75) is 37.6 Å². The van der Waals surface area contributed by atoms with Crippen LogP contribution >= 0.6 is 0 Å². The minimum Gasteiger partial charge on any atom is -0.468 e. The monoisotopic (exact) mass is 496 g/mol. The van der Waals surface area contributed by atoms with Gasteiger partial charge in [-0.1, -0.05) is 30.3 Å². The summed E-state index contributed by atoms with van der Waals surface area (Å²) in [4.78, 5) is 34.2. The number of carbonyl (C=O) groups excluding carboxylic acids is 2. The quantitative estimate of drug-likeness (QED) is 0.399. The Bertz CT molecular complexity index is 1110. The number of esters is 1. The van der Waals surface area contributed by atoms with Crippen molar-refractivity contribution in [1.82, 2.24) is 20.1 Å². The number of carbonyl (C=O) groups is 2. The van der Waals surface area contributed by atoms with Gasteiger partial charge in [-0.05, 0) is 31.8 Å². The van der Waals surface area contributed by atoms with Crippen molar-refractivity contribution in [2.75, 3.05) is 34.4 Å². The lowest BCUT2D eigenvalue weighted by atomic mass is 10.1. The highest BCUT2D eigenvalue weighted by Crippen LogP contribution is 2.22. The number of furan rings is 1. The smallest absolute Gasteiger partial charge is 0.323 e. The molecule has 3 atom stereocenters. The number of hydrogen-bond acceptors (Lipinski definition) is 9. The van der Waals surface area contributed by atoms with Gasteiger partial charge < -0.3 is 28.1 Å². The van der Waals surface area contributed by atoms with E-state index in [0.29, 0.717) is 25.5 Å². The summed E-state index contributed by atoms with van der Waals surface area (Å²) in [5.41, 5.74) is 1.19. The number of likely N-dealkylation sites (N-methyl/N-ethyl adjacent to an activating group) is 1. The van der Waals surface area contributed by atoms with Gasteiger partial charge in [0.2, 0.25) is 0 Å². The summed E-state index contributed by atoms with van der Waals surface area (Å²) < 4.78 is 21.8. The molecule has 1 saturated heterocycles. The van der Waals surface area contributed by atoms with Gasteiger partial charge in [0.25, 0.3) is 5.91 Å². The molecule has 2 aromatic heterocycles. The summed E-state index contributed by atoms with van der Waals surface area (Å²) in [5.74, 6) is 0.190. The first kappa shape index (κ1) is 25.6. The molecule has 1 amide bonds. The third-order valence-corrected chi connectivity index (χ3v) is 6.28. The maximum absolute atomic E-state index is 13.6. The van der Waals surface area contributed by atoms with Crippen LogP contribution in [0.4, 0.5) is 0 Å². The van der Waals surface area contributed by atoms with E-state index < -0.39 is 12.0 Å². The Balaban J connectivity index is 1.49. The Morgan fingerprint density at radius 1 is 1.11 bits per heavy atom. The third kappa shape index (κ3) is 6.20. The SMILES string of the molecule is COC(=O)C(Cc1nc(C(=O)N(Cc2ccco2)C2COCC2N(C)C)co1)NCc1ccccc1. The average Bonchev–Trinajstić information content (AvgIpc) is 3.66. The van der Waals surface area contributed by atoms with Gasteiger partial charge >= 0.3 is 5.97 Å². The summed E-state index contributed by atoms with van der Waals surface area (Å²) >= 11 is 0. The predicted octanol–water partition coefficient (Wildman–Crippen LogP) is 2.11. The molecule has 0 spiro atoms. The van der Waals surface area contributed by atoms with Crippen LogP contribution in [0.3, 0.4) is 0 Å². The van der Waals surface area contributed by atoms with E-state index in [2.05, 4.69) is 10.3 Å². The highest BCUT2D eigenvalue weighted by Gasteiger charge is 2.38. The molecule has 0 bridgehead atoms. The zero-order valence-corrected chi connectivity index (χ0v) is 20.8. The van der Waals surface area contributed by atoms with Crippen molar-refractivity contribution < 1.29 is 27.9 Å². The minimum atomic E-state index is -0.683. The fourth-order valence-electron chi connectivity index (χ4n) is 4.28. The molecular weight excluding hydrogens is 464 g/mol. The molecule has 0 saturated carbocycles. The number of methoxy groups -OCH3 is 1. The number of hydrogen-bond donors (Lipinski definition) is 1. The topological polar surface area (TPSA) is 110 Å². The first-order valence-electron chi connectivity index (χ1n) is 11.8. The minimum absolute atomic E-state index is 0.0289. The van der Waals surface area contributed by atoms with Crippen LogP contribution in [-0.2, 0) is 33.8 Å². The van der Waals surface area contributed by atoms with E-state index in [4.69, 9.17) is 18.3 Å². The maximum Gasteiger partial charge on any atom is 0.323 e. The van der Waals surface area contributed by atoms with Crippen LogP contribution in [0, 0.1) is 0 Å². The van der Waals surface area contributed by atoms with Crippen LogP contribution in [0.1, 0.15) is 27.7 Å². The van der Waals surface area contributed by atoms with Crippen LogP contribution in [0.2, 0.25) is 0 Å². The summed E-state index contributed by atoms with van der Waals surface area (Å²) in [6.45, 7) is 1.68. The van der Waals surface area contributed by atoms with Crippen molar-refractivity contribution in [3.8, 4) is 0 Å². The van der Waals surface area contributed by atoms with Crippen molar-refractivity contribution in [2.24, 2.45) is 0 Å². The molecule has 1 fully saturated rings. The Labute approximate surface area is 210 Å². The summed E-state index contributed by atoms with van der Waals surface area (Å²) in [5, 5.41) is 3.18. The van der Waals surface area contributed by atoms with Crippen molar-refractivity contribution in [3.05, 3.63) is 77.9 Å². The average molecular weight is 497 g/mol. The highest BCUT2D eigenvalue weighted by atomic mass is 16.5. The number of aromatic nitrogens is 1. The molecule has 3 heterocycles. The molecule has 0 radical (unpaired) electrons. The van der Waals surface area contributed by atoms with Gasteiger partial charge in [-0.25, -0.2) is 4.98 Å². The molecule has 4 rings (SSSR count). The van der Waals surface area contributed by atoms with Crippen LogP contribution in [0.15, 0.2) is 63.8 Å². The fourth-order valence-corrected chi connectivity index (χ4v) is 4.28. The first-order chi connectivity index (χ1) is 17.5. The molecule has 10 nitrogen and oxygen atoms in total. The van der Waals surface area contributed by atoms with Gasteiger partial charge in [-0.2, -0.15) is 0 Å². The van der Waals surface area contributed by atoms with Crippen molar-refractivity contribution >= 4 is 11.9 Å². The number of ether oxygens (including phenoxy) is 2. The van der Waals surface area contributed by atoms with E-state index in [9.17, 15) is 9.59 Å². The van der Waals surface area contributed by atoms with Crippen LogP contribution in [0.5, 0.6) is 0 Å². The Hall–Kier alpha value is -3.47. The van der Waals surface area contributed by atoms with E-state index >= 15 is 0 Å². The lowest BCUT2D eigenvalue weighted by Gasteiger charge is -2.33. The molecule has 0 aliphatic carbocycles. The van der Waals surface area contributed by atoms with E-state index in [1.807, 2.05) is 55.4 Å². The summed E-state index contributed by atoms with van der Waals surface area (Å²) in [6.07, 6.45) is 3.05. The molecule has 36 heavy (non-hydrogen) atoms. The number of rotatable bonds is 11. The second-order valence-electron chi connectivity index (χ2n) is 8.92. The molecule has 1 aliphatic heterocycles. The molecule has 1 N–H and O–H groups in total. The van der Waals surface area contributed by atoms with Crippen LogP contribution in [0.25, 0.3) is 0 Å². The highest BCUT2D eigenvalue weighted by molar-refractivity contribution is 5.92. The largest absolute Gasteiger partial charge is 0.468 e. The van der Waals surface area contributed by atoms with Gasteiger partial charge in [0.05, 0.1) is 51.6 Å². The van der Waals surface area contributed by atoms with Gasteiger partial charge in [0.15, 0.2) is 11.6 Å². The number of amides is 1. The van der Waals surface area contributed by atoms with E-state index in [-0.39, 0.29) is 42.5 Å². The Kier molecular flexibility index (Phi) is 8.52. The van der Waals surface area contributed by atoms with E-state index in [0.717, 1.165) is 5.56 Å². The molecule has 3 aromatic rings. The van der Waals surface area contributed by atoms with Crippen LogP contribution in [-0.4, -0.2) is 79.2 Å². The summed E-state index contributed by atoms with van der Waals surface area (Å²) in [6, 6.07) is 12.5. The second kappa shape index (κ2) is 12.0. The fraction of sp³-hybridized carbons (Fsp3) is 0.423. The number of oxazole rings is 1. The Morgan fingerprint density at radius 3 is 2.58 bits per heavy atom. The van der Waals surface area contributed by atoms with Gasteiger partial charge in [-0.15, -0.1) is 0 Å². The number of nitrogens with one attached hydrogen (secondary N) is 1. The molecule has 3 unspecified atom stereocenters. The standard InChI is InChI=1S/C26H32N4O6/c1-29(2)22-16-34-17-23(22)30(14-19-10-7-11-35-19)25(31)21-15-36-24(28-21)12-20(26(32)33-3)27-13-18-8-5-4-6-9-18/h4-11,15,20,22-23,27H,12-14,16-17H2,1-3H3. The first-order valence-corrected chi connectivity index (χ1v) is 11.8. The van der Waals surface area contributed by atoms with Crippen LogP contribution < -0.4 is 5.32 Å². The molecule has 1 aromatic carbocycles. The normalized spacial score (nSPS) is 18.3. The van der Waals surface area contributed by atoms with Gasteiger partial charge in [-0.3, -0.25) is 14.9 Å². The predicted molar refractivity (Wildman–Crippen MR) is 130 cm³/mol. The Morgan fingerprint density at radius 2 is 1.89 bits per heavy atom. The summed E-state index contributed by atoms with van der Waals surface area (Å²) in [7, 11) is 5.26. The zero-order chi connectivity index (χ0) is 25.5. The number of nitrogens with zero attached hydrogens (tertiary/aromatic N) is 3. The third-order valence-electron chi connectivity index (χ3n) is 6.28. The molecule has 1 aliphatic rings. The second-order valence-corrected chi connectivity index (χ2v) is 8.92. The lowest BCUT2D eigenvalue weighted by Crippen LogP contribution is -2.51. The van der Waals surface area contributed by atoms with E-state index in [1.54, 1.807) is 17.2 Å². The van der Waals surface area contributed by atoms with E-state index in [1.165, 1.54) is 13.4 Å². The van der Waals surface area contributed by atoms with Gasteiger partial charge in [0, 0.05) is 6.54 Å². The van der Waals surface area contributed by atoms with Crippen molar-refractivity contribution in [3.63, 3.8) is 0 Å². The molecular formula is C26H32N4O6. The number of benzene rings is 1.